The van der Waals surface area contributed by atoms with Crippen molar-refractivity contribution in [3.8, 4) is 11.4 Å². The second-order valence-electron chi connectivity index (χ2n) is 4.49. The fourth-order valence-electron chi connectivity index (χ4n) is 2.22. The van der Waals surface area contributed by atoms with Gasteiger partial charge in [-0.15, -0.1) is 0 Å². The van der Waals surface area contributed by atoms with Gasteiger partial charge in [-0.1, -0.05) is 11.6 Å². The molecule has 2 aromatic carbocycles. The number of benzene rings is 2. The van der Waals surface area contributed by atoms with E-state index in [9.17, 15) is 4.39 Å². The minimum atomic E-state index is -0.513. The van der Waals surface area contributed by atoms with Crippen LogP contribution in [0.2, 0.25) is 5.02 Å². The largest absolute Gasteiger partial charge is 0.494 e. The molecule has 0 aliphatic heterocycles. The van der Waals surface area contributed by atoms with Gasteiger partial charge in [0, 0.05) is 11.8 Å². The number of nitrogens with zero attached hydrogens (tertiary/aromatic N) is 2. The van der Waals surface area contributed by atoms with Crippen LogP contribution in [0.3, 0.4) is 0 Å². The van der Waals surface area contributed by atoms with Gasteiger partial charge in [0.1, 0.15) is 11.6 Å². The first-order valence-electron chi connectivity index (χ1n) is 6.46. The topological polar surface area (TPSA) is 53.1 Å². The molecule has 0 radical (unpaired) electrons. The van der Waals surface area contributed by atoms with Crippen molar-refractivity contribution in [2.75, 3.05) is 12.3 Å². The smallest absolute Gasteiger partial charge is 0.205 e. The van der Waals surface area contributed by atoms with Crippen molar-refractivity contribution in [2.45, 2.75) is 6.92 Å². The number of nitrogen functional groups attached to an aromatic ring is 1. The molecule has 0 saturated heterocycles. The van der Waals surface area contributed by atoms with Gasteiger partial charge in [-0.2, -0.15) is 0 Å². The molecule has 3 rings (SSSR count). The summed E-state index contributed by atoms with van der Waals surface area (Å²) in [5, 5.41) is 0.0367. The third-order valence-corrected chi connectivity index (χ3v) is 3.42. The highest BCUT2D eigenvalue weighted by molar-refractivity contribution is 6.31. The predicted octanol–water partition coefficient (Wildman–Crippen LogP) is 3.80. The molecule has 2 N–H and O–H groups in total. The minimum absolute atomic E-state index is 0.0367. The van der Waals surface area contributed by atoms with Crippen LogP contribution in [-0.4, -0.2) is 16.2 Å². The van der Waals surface area contributed by atoms with Crippen LogP contribution in [-0.2, 0) is 0 Å². The van der Waals surface area contributed by atoms with Gasteiger partial charge < -0.3 is 10.5 Å². The van der Waals surface area contributed by atoms with Crippen LogP contribution in [0.4, 0.5) is 10.3 Å². The lowest BCUT2D eigenvalue weighted by molar-refractivity contribution is 0.340. The Hall–Kier alpha value is -2.27. The molecule has 3 aromatic rings. The summed E-state index contributed by atoms with van der Waals surface area (Å²) >= 11 is 5.85. The third kappa shape index (κ3) is 2.40. The fraction of sp³-hybridized carbons (Fsp3) is 0.133. The van der Waals surface area contributed by atoms with Crippen LogP contribution in [0, 0.1) is 5.82 Å². The number of aromatic nitrogens is 2. The van der Waals surface area contributed by atoms with E-state index >= 15 is 0 Å². The summed E-state index contributed by atoms with van der Waals surface area (Å²) in [5.41, 5.74) is 7.86. The average Bonchev–Trinajstić information content (AvgIpc) is 2.76. The Balaban J connectivity index is 2.15. The van der Waals surface area contributed by atoms with E-state index in [4.69, 9.17) is 22.1 Å². The van der Waals surface area contributed by atoms with Crippen LogP contribution in [0.5, 0.6) is 5.75 Å². The molecule has 0 saturated carbocycles. The Morgan fingerprint density at radius 3 is 2.67 bits per heavy atom. The molecule has 1 aromatic heterocycles. The van der Waals surface area contributed by atoms with E-state index in [1.807, 2.05) is 31.2 Å². The molecule has 6 heteroatoms. The van der Waals surface area contributed by atoms with E-state index in [0.717, 1.165) is 11.4 Å². The second-order valence-corrected chi connectivity index (χ2v) is 4.89. The second kappa shape index (κ2) is 5.26. The first-order valence-corrected chi connectivity index (χ1v) is 6.84. The van der Waals surface area contributed by atoms with Crippen molar-refractivity contribution in [1.29, 1.82) is 0 Å². The summed E-state index contributed by atoms with van der Waals surface area (Å²) in [6, 6.07) is 10.2. The SMILES string of the molecule is CCOc1ccc(-n2c(N)nc3cc(F)c(Cl)cc32)cc1. The van der Waals surface area contributed by atoms with Crippen molar-refractivity contribution in [2.24, 2.45) is 0 Å². The van der Waals surface area contributed by atoms with Crippen LogP contribution in [0.15, 0.2) is 36.4 Å². The number of ether oxygens (including phenoxy) is 1. The molecule has 0 atom stereocenters. The van der Waals surface area contributed by atoms with Crippen LogP contribution < -0.4 is 10.5 Å². The maximum atomic E-state index is 13.5. The fourth-order valence-corrected chi connectivity index (χ4v) is 2.38. The zero-order valence-corrected chi connectivity index (χ0v) is 12.1. The molecule has 1 heterocycles. The maximum absolute atomic E-state index is 13.5. The van der Waals surface area contributed by atoms with Crippen molar-refractivity contribution < 1.29 is 9.13 Å². The molecule has 0 fully saturated rings. The maximum Gasteiger partial charge on any atom is 0.205 e. The first-order chi connectivity index (χ1) is 10.1. The van der Waals surface area contributed by atoms with Gasteiger partial charge >= 0.3 is 0 Å². The highest BCUT2D eigenvalue weighted by atomic mass is 35.5. The molecule has 0 aliphatic rings. The number of fused-ring (bicyclic) bond motifs is 1. The zero-order valence-electron chi connectivity index (χ0n) is 11.3. The molecule has 108 valence electrons. The van der Waals surface area contributed by atoms with Gasteiger partial charge in [0.2, 0.25) is 5.95 Å². The van der Waals surface area contributed by atoms with E-state index < -0.39 is 5.82 Å². The number of hydrogen-bond acceptors (Lipinski definition) is 3. The molecule has 0 aliphatic carbocycles. The van der Waals surface area contributed by atoms with Crippen LogP contribution in [0.25, 0.3) is 16.7 Å². The van der Waals surface area contributed by atoms with Crippen molar-refractivity contribution >= 4 is 28.6 Å². The summed E-state index contributed by atoms with van der Waals surface area (Å²) in [6.45, 7) is 2.52. The van der Waals surface area contributed by atoms with Crippen LogP contribution >= 0.6 is 11.6 Å². The standard InChI is InChI=1S/C15H13ClFN3O/c1-2-21-10-5-3-9(4-6-10)20-14-7-11(16)12(17)8-13(14)19-15(20)18/h3-8H,2H2,1H3,(H2,18,19). The molecular formula is C15H13ClFN3O. The highest BCUT2D eigenvalue weighted by Gasteiger charge is 2.13. The van der Waals surface area contributed by atoms with Gasteiger partial charge in [0.15, 0.2) is 0 Å². The Bertz CT molecular complexity index is 799. The van der Waals surface area contributed by atoms with E-state index in [1.165, 1.54) is 12.1 Å². The summed E-state index contributed by atoms with van der Waals surface area (Å²) in [4.78, 5) is 4.16. The van der Waals surface area contributed by atoms with Gasteiger partial charge in [-0.05, 0) is 37.3 Å². The molecule has 4 nitrogen and oxygen atoms in total. The Morgan fingerprint density at radius 2 is 2.00 bits per heavy atom. The van der Waals surface area contributed by atoms with Gasteiger partial charge in [0.25, 0.3) is 0 Å². The predicted molar refractivity (Wildman–Crippen MR) is 81.6 cm³/mol. The minimum Gasteiger partial charge on any atom is -0.494 e. The van der Waals surface area contributed by atoms with Crippen LogP contribution in [0.1, 0.15) is 6.92 Å². The van der Waals surface area contributed by atoms with E-state index in [-0.39, 0.29) is 11.0 Å². The molecule has 0 amide bonds. The number of imidazole rings is 1. The quantitative estimate of drug-likeness (QED) is 0.801. The van der Waals surface area contributed by atoms with Gasteiger partial charge in [0.05, 0.1) is 22.7 Å². The van der Waals surface area contributed by atoms with Gasteiger partial charge in [-0.25, -0.2) is 9.37 Å². The van der Waals surface area contributed by atoms with Gasteiger partial charge in [-0.3, -0.25) is 4.57 Å². The summed E-state index contributed by atoms with van der Waals surface area (Å²) < 4.78 is 20.6. The Labute approximate surface area is 125 Å². The Morgan fingerprint density at radius 1 is 1.29 bits per heavy atom. The summed E-state index contributed by atoms with van der Waals surface area (Å²) in [6.07, 6.45) is 0. The number of anilines is 1. The number of halogens is 2. The van der Waals surface area contributed by atoms with E-state index in [1.54, 1.807) is 4.57 Å². The van der Waals surface area contributed by atoms with Crippen molar-refractivity contribution in [3.63, 3.8) is 0 Å². The number of hydrogen-bond donors (Lipinski definition) is 1. The van der Waals surface area contributed by atoms with Crippen molar-refractivity contribution in [3.05, 3.63) is 47.2 Å². The van der Waals surface area contributed by atoms with E-state index in [0.29, 0.717) is 17.6 Å². The lowest BCUT2D eigenvalue weighted by Crippen LogP contribution is -2.00. The molecule has 21 heavy (non-hydrogen) atoms. The normalized spacial score (nSPS) is 11.0. The zero-order chi connectivity index (χ0) is 15.0. The first kappa shape index (κ1) is 13.7. The lowest BCUT2D eigenvalue weighted by Gasteiger charge is -2.08. The molecular weight excluding hydrogens is 293 g/mol. The summed E-state index contributed by atoms with van der Waals surface area (Å²) in [7, 11) is 0. The average molecular weight is 306 g/mol. The monoisotopic (exact) mass is 305 g/mol. The third-order valence-electron chi connectivity index (χ3n) is 3.13. The molecule has 0 spiro atoms. The molecule has 0 bridgehead atoms. The number of rotatable bonds is 3. The summed E-state index contributed by atoms with van der Waals surface area (Å²) in [5.74, 6) is 0.532. The number of nitrogens with two attached hydrogens (primary N) is 1. The highest BCUT2D eigenvalue weighted by Crippen LogP contribution is 2.28. The molecule has 0 unspecified atom stereocenters. The van der Waals surface area contributed by atoms with Crippen molar-refractivity contribution in [1.82, 2.24) is 9.55 Å². The Kier molecular flexibility index (Phi) is 3.43. The lowest BCUT2D eigenvalue weighted by atomic mass is 10.2. The van der Waals surface area contributed by atoms with E-state index in [2.05, 4.69) is 4.98 Å².